The SMILES string of the molecule is CCC(C)Cn1nnc(C(=O)O)c1COC. The van der Waals surface area contributed by atoms with Crippen LogP contribution in [-0.4, -0.2) is 33.2 Å². The lowest BCUT2D eigenvalue weighted by atomic mass is 10.1. The van der Waals surface area contributed by atoms with Crippen LogP contribution in [0.3, 0.4) is 0 Å². The van der Waals surface area contributed by atoms with E-state index >= 15 is 0 Å². The number of carboxylic acid groups (broad SMARTS) is 1. The molecule has 0 saturated heterocycles. The van der Waals surface area contributed by atoms with Gasteiger partial charge in [0.1, 0.15) is 0 Å². The summed E-state index contributed by atoms with van der Waals surface area (Å²) in [5, 5.41) is 16.4. The van der Waals surface area contributed by atoms with Crippen LogP contribution in [-0.2, 0) is 17.9 Å². The Balaban J connectivity index is 2.95. The maximum atomic E-state index is 10.9. The summed E-state index contributed by atoms with van der Waals surface area (Å²) >= 11 is 0. The Bertz CT molecular complexity index is 362. The molecule has 0 bridgehead atoms. The van der Waals surface area contributed by atoms with Gasteiger partial charge in [-0.1, -0.05) is 25.5 Å². The molecule has 0 aliphatic rings. The summed E-state index contributed by atoms with van der Waals surface area (Å²) in [6.07, 6.45) is 1.01. The summed E-state index contributed by atoms with van der Waals surface area (Å²) < 4.78 is 6.58. The highest BCUT2D eigenvalue weighted by Gasteiger charge is 2.19. The fourth-order valence-electron chi connectivity index (χ4n) is 1.35. The summed E-state index contributed by atoms with van der Waals surface area (Å²) in [6.45, 7) is 5.04. The quantitative estimate of drug-likeness (QED) is 0.789. The van der Waals surface area contributed by atoms with Crippen molar-refractivity contribution in [3.63, 3.8) is 0 Å². The standard InChI is InChI=1S/C10H17N3O3/c1-4-7(2)5-13-8(6-16-3)9(10(14)15)11-12-13/h7H,4-6H2,1-3H3,(H,14,15). The first-order chi connectivity index (χ1) is 7.60. The molecule has 0 aromatic carbocycles. The van der Waals surface area contributed by atoms with Crippen LogP contribution in [0.4, 0.5) is 0 Å². The second-order valence-corrected chi connectivity index (χ2v) is 3.82. The predicted octanol–water partition coefficient (Wildman–Crippen LogP) is 1.17. The summed E-state index contributed by atoms with van der Waals surface area (Å²) in [5.41, 5.74) is 0.500. The van der Waals surface area contributed by atoms with Gasteiger partial charge in [0.2, 0.25) is 0 Å². The zero-order valence-corrected chi connectivity index (χ0v) is 9.80. The number of ether oxygens (including phenoxy) is 1. The Morgan fingerprint density at radius 2 is 2.31 bits per heavy atom. The Morgan fingerprint density at radius 1 is 1.62 bits per heavy atom. The van der Waals surface area contributed by atoms with E-state index in [0.717, 1.165) is 6.42 Å². The normalized spacial score (nSPS) is 12.7. The molecule has 90 valence electrons. The summed E-state index contributed by atoms with van der Waals surface area (Å²) in [5.74, 6) is -0.638. The van der Waals surface area contributed by atoms with Gasteiger partial charge in [-0.3, -0.25) is 0 Å². The Kier molecular flexibility index (Phi) is 4.42. The molecule has 1 atom stereocenters. The number of carboxylic acids is 1. The zero-order valence-electron chi connectivity index (χ0n) is 9.80. The molecule has 0 amide bonds. The van der Waals surface area contributed by atoms with Gasteiger partial charge in [0, 0.05) is 13.7 Å². The molecule has 0 spiro atoms. The van der Waals surface area contributed by atoms with Gasteiger partial charge in [0.25, 0.3) is 0 Å². The van der Waals surface area contributed by atoms with Gasteiger partial charge in [-0.25, -0.2) is 9.48 Å². The second kappa shape index (κ2) is 5.60. The van der Waals surface area contributed by atoms with Crippen LogP contribution in [0.2, 0.25) is 0 Å². The molecule has 6 heteroatoms. The minimum atomic E-state index is -1.07. The number of hydrogen-bond acceptors (Lipinski definition) is 4. The highest BCUT2D eigenvalue weighted by Crippen LogP contribution is 2.11. The van der Waals surface area contributed by atoms with E-state index in [1.807, 2.05) is 0 Å². The fraction of sp³-hybridized carbons (Fsp3) is 0.700. The number of methoxy groups -OCH3 is 1. The number of aromatic nitrogens is 3. The smallest absolute Gasteiger partial charge is 0.358 e. The molecule has 1 rings (SSSR count). The lowest BCUT2D eigenvalue weighted by molar-refractivity contribution is 0.0684. The van der Waals surface area contributed by atoms with Crippen molar-refractivity contribution >= 4 is 5.97 Å². The van der Waals surface area contributed by atoms with Crippen LogP contribution in [0.25, 0.3) is 0 Å². The molecular weight excluding hydrogens is 210 g/mol. The van der Waals surface area contributed by atoms with Gasteiger partial charge in [-0.05, 0) is 5.92 Å². The first kappa shape index (κ1) is 12.6. The van der Waals surface area contributed by atoms with Crippen molar-refractivity contribution < 1.29 is 14.6 Å². The van der Waals surface area contributed by atoms with Crippen LogP contribution in [0.15, 0.2) is 0 Å². The average Bonchev–Trinajstić information content (AvgIpc) is 2.62. The molecule has 1 heterocycles. The third-order valence-corrected chi connectivity index (χ3v) is 2.50. The van der Waals surface area contributed by atoms with E-state index < -0.39 is 5.97 Å². The lowest BCUT2D eigenvalue weighted by Gasteiger charge is -2.10. The van der Waals surface area contributed by atoms with Crippen molar-refractivity contribution in [3.8, 4) is 0 Å². The van der Waals surface area contributed by atoms with Gasteiger partial charge in [-0.15, -0.1) is 5.10 Å². The van der Waals surface area contributed by atoms with Gasteiger partial charge in [0.05, 0.1) is 12.3 Å². The minimum absolute atomic E-state index is 0.0230. The van der Waals surface area contributed by atoms with Crippen molar-refractivity contribution in [2.24, 2.45) is 5.92 Å². The van der Waals surface area contributed by atoms with E-state index in [-0.39, 0.29) is 12.3 Å². The molecule has 0 saturated carbocycles. The first-order valence-electron chi connectivity index (χ1n) is 5.24. The number of aromatic carboxylic acids is 1. The molecular formula is C10H17N3O3. The average molecular weight is 227 g/mol. The molecule has 0 fully saturated rings. The third-order valence-electron chi connectivity index (χ3n) is 2.50. The summed E-state index contributed by atoms with van der Waals surface area (Å²) in [6, 6.07) is 0. The number of rotatable bonds is 6. The van der Waals surface area contributed by atoms with Crippen molar-refractivity contribution in [2.45, 2.75) is 33.4 Å². The molecule has 0 radical (unpaired) electrons. The highest BCUT2D eigenvalue weighted by molar-refractivity contribution is 5.86. The minimum Gasteiger partial charge on any atom is -0.476 e. The van der Waals surface area contributed by atoms with Crippen LogP contribution in [0.5, 0.6) is 0 Å². The predicted molar refractivity (Wildman–Crippen MR) is 57.1 cm³/mol. The van der Waals surface area contributed by atoms with Crippen molar-refractivity contribution in [1.82, 2.24) is 15.0 Å². The Labute approximate surface area is 94.2 Å². The van der Waals surface area contributed by atoms with E-state index in [0.29, 0.717) is 18.2 Å². The van der Waals surface area contributed by atoms with E-state index in [2.05, 4.69) is 24.2 Å². The van der Waals surface area contributed by atoms with E-state index in [4.69, 9.17) is 9.84 Å². The van der Waals surface area contributed by atoms with Gasteiger partial charge < -0.3 is 9.84 Å². The third kappa shape index (κ3) is 2.79. The molecule has 16 heavy (non-hydrogen) atoms. The maximum absolute atomic E-state index is 10.9. The summed E-state index contributed by atoms with van der Waals surface area (Å²) in [7, 11) is 1.52. The monoisotopic (exact) mass is 227 g/mol. The number of carbonyl (C=O) groups is 1. The molecule has 1 N–H and O–H groups in total. The van der Waals surface area contributed by atoms with Gasteiger partial charge in [0.15, 0.2) is 5.69 Å². The topological polar surface area (TPSA) is 77.2 Å². The zero-order chi connectivity index (χ0) is 12.1. The first-order valence-corrected chi connectivity index (χ1v) is 5.24. The van der Waals surface area contributed by atoms with E-state index in [1.54, 1.807) is 4.68 Å². The van der Waals surface area contributed by atoms with Crippen LogP contribution in [0.1, 0.15) is 36.5 Å². The van der Waals surface area contributed by atoms with Crippen molar-refractivity contribution in [2.75, 3.05) is 7.11 Å². The van der Waals surface area contributed by atoms with Gasteiger partial charge in [-0.2, -0.15) is 0 Å². The molecule has 6 nitrogen and oxygen atoms in total. The lowest BCUT2D eigenvalue weighted by Crippen LogP contribution is -2.13. The molecule has 1 aromatic rings. The highest BCUT2D eigenvalue weighted by atomic mass is 16.5. The van der Waals surface area contributed by atoms with E-state index in [1.165, 1.54) is 7.11 Å². The van der Waals surface area contributed by atoms with Crippen LogP contribution in [0, 0.1) is 5.92 Å². The second-order valence-electron chi connectivity index (χ2n) is 3.82. The Morgan fingerprint density at radius 3 is 2.81 bits per heavy atom. The number of hydrogen-bond donors (Lipinski definition) is 1. The Hall–Kier alpha value is -1.43. The maximum Gasteiger partial charge on any atom is 0.358 e. The van der Waals surface area contributed by atoms with Crippen molar-refractivity contribution in [3.05, 3.63) is 11.4 Å². The fourth-order valence-corrected chi connectivity index (χ4v) is 1.35. The van der Waals surface area contributed by atoms with Crippen LogP contribution >= 0.6 is 0 Å². The molecule has 0 aliphatic carbocycles. The van der Waals surface area contributed by atoms with E-state index in [9.17, 15) is 4.79 Å². The number of nitrogens with zero attached hydrogens (tertiary/aromatic N) is 3. The largest absolute Gasteiger partial charge is 0.476 e. The van der Waals surface area contributed by atoms with Crippen molar-refractivity contribution in [1.29, 1.82) is 0 Å². The molecule has 1 unspecified atom stereocenters. The summed E-state index contributed by atoms with van der Waals surface area (Å²) in [4.78, 5) is 10.9. The van der Waals surface area contributed by atoms with Crippen LogP contribution < -0.4 is 0 Å². The molecule has 0 aliphatic heterocycles. The molecule has 1 aromatic heterocycles. The van der Waals surface area contributed by atoms with Gasteiger partial charge >= 0.3 is 5.97 Å².